The van der Waals surface area contributed by atoms with Crippen LogP contribution in [0.3, 0.4) is 0 Å². The van der Waals surface area contributed by atoms with Crippen LogP contribution in [0.1, 0.15) is 13.3 Å². The van der Waals surface area contributed by atoms with Gasteiger partial charge in [-0.2, -0.15) is 4.31 Å². The molecular weight excluding hydrogens is 333 g/mol. The Kier molecular flexibility index (Phi) is 5.22. The van der Waals surface area contributed by atoms with Crippen LogP contribution in [0.25, 0.3) is 0 Å². The normalized spacial score (nSPS) is 23.7. The van der Waals surface area contributed by atoms with Gasteiger partial charge in [-0.05, 0) is 36.9 Å². The minimum atomic E-state index is -4.96. The van der Waals surface area contributed by atoms with Gasteiger partial charge in [-0.15, -0.1) is 13.2 Å². The van der Waals surface area contributed by atoms with E-state index in [9.17, 15) is 21.6 Å². The highest BCUT2D eigenvalue weighted by atomic mass is 32.2. The molecule has 1 fully saturated rings. The molecular formula is C14H19F3N2O3S. The van der Waals surface area contributed by atoms with E-state index in [1.54, 1.807) is 0 Å². The number of hydrogen-bond acceptors (Lipinski definition) is 4. The lowest BCUT2D eigenvalue weighted by Gasteiger charge is -2.35. The lowest BCUT2D eigenvalue weighted by Crippen LogP contribution is -2.45. The Bertz CT molecular complexity index is 649. The molecule has 0 bridgehead atoms. The Labute approximate surface area is 133 Å². The summed E-state index contributed by atoms with van der Waals surface area (Å²) in [6.45, 7) is 2.76. The van der Waals surface area contributed by atoms with E-state index in [0.29, 0.717) is 13.0 Å². The third-order valence-corrected chi connectivity index (χ3v) is 5.98. The minimum absolute atomic E-state index is 0.0192. The van der Waals surface area contributed by atoms with Crippen molar-refractivity contribution in [3.63, 3.8) is 0 Å². The summed E-state index contributed by atoms with van der Waals surface area (Å²) in [7, 11) is -4.08. The predicted molar refractivity (Wildman–Crippen MR) is 78.2 cm³/mol. The number of para-hydroxylation sites is 1. The number of sulfonamides is 1. The van der Waals surface area contributed by atoms with Crippen molar-refractivity contribution in [2.24, 2.45) is 17.6 Å². The van der Waals surface area contributed by atoms with Crippen molar-refractivity contribution in [3.8, 4) is 5.75 Å². The highest BCUT2D eigenvalue weighted by Crippen LogP contribution is 2.33. The van der Waals surface area contributed by atoms with E-state index in [2.05, 4.69) is 4.74 Å². The molecule has 1 heterocycles. The van der Waals surface area contributed by atoms with Gasteiger partial charge in [0.15, 0.2) is 0 Å². The molecule has 2 atom stereocenters. The molecule has 5 nitrogen and oxygen atoms in total. The topological polar surface area (TPSA) is 72.6 Å². The van der Waals surface area contributed by atoms with Gasteiger partial charge in [-0.1, -0.05) is 19.1 Å². The number of piperidine rings is 1. The molecule has 1 aliphatic heterocycles. The molecule has 1 aliphatic rings. The highest BCUT2D eigenvalue weighted by Gasteiger charge is 2.37. The second-order valence-corrected chi connectivity index (χ2v) is 7.53. The Balaban J connectivity index is 2.33. The maximum atomic E-state index is 12.7. The van der Waals surface area contributed by atoms with E-state index in [-0.39, 0.29) is 24.9 Å². The zero-order valence-electron chi connectivity index (χ0n) is 12.6. The van der Waals surface area contributed by atoms with E-state index in [1.807, 2.05) is 6.92 Å². The number of ether oxygens (including phenoxy) is 1. The van der Waals surface area contributed by atoms with Crippen molar-refractivity contribution in [2.75, 3.05) is 19.6 Å². The molecule has 130 valence electrons. The SMILES string of the molecule is CC1CCN(S(=O)(=O)c2ccccc2OC(F)(F)F)CC1CN. The van der Waals surface area contributed by atoms with E-state index < -0.39 is 27.0 Å². The van der Waals surface area contributed by atoms with E-state index in [1.165, 1.54) is 16.4 Å². The van der Waals surface area contributed by atoms with Crippen molar-refractivity contribution in [3.05, 3.63) is 24.3 Å². The standard InChI is InChI=1S/C14H19F3N2O3S/c1-10-6-7-19(9-11(10)8-18)23(20,21)13-5-3-2-4-12(13)22-14(15,16)17/h2-5,10-11H,6-9,18H2,1H3. The van der Waals surface area contributed by atoms with Crippen LogP contribution in [0, 0.1) is 11.8 Å². The summed E-state index contributed by atoms with van der Waals surface area (Å²) >= 11 is 0. The predicted octanol–water partition coefficient (Wildman–Crippen LogP) is 2.19. The molecule has 9 heteroatoms. The number of nitrogens with zero attached hydrogens (tertiary/aromatic N) is 1. The van der Waals surface area contributed by atoms with Crippen molar-refractivity contribution in [1.29, 1.82) is 0 Å². The van der Waals surface area contributed by atoms with Crippen molar-refractivity contribution < 1.29 is 26.3 Å². The van der Waals surface area contributed by atoms with Gasteiger partial charge < -0.3 is 10.5 Å². The summed E-state index contributed by atoms with van der Waals surface area (Å²) in [4.78, 5) is -0.484. The Hall–Kier alpha value is -1.32. The summed E-state index contributed by atoms with van der Waals surface area (Å²) < 4.78 is 67.9. The molecule has 1 aromatic rings. The van der Waals surface area contributed by atoms with Crippen LogP contribution in [0.5, 0.6) is 5.75 Å². The lowest BCUT2D eigenvalue weighted by molar-refractivity contribution is -0.275. The van der Waals surface area contributed by atoms with Crippen LogP contribution in [0.4, 0.5) is 13.2 Å². The molecule has 0 aliphatic carbocycles. The van der Waals surface area contributed by atoms with Crippen LogP contribution in [-0.4, -0.2) is 38.7 Å². The first-order chi connectivity index (χ1) is 10.6. The van der Waals surface area contributed by atoms with Gasteiger partial charge in [-0.25, -0.2) is 8.42 Å². The molecule has 1 aromatic carbocycles. The van der Waals surface area contributed by atoms with Gasteiger partial charge >= 0.3 is 6.36 Å². The summed E-state index contributed by atoms with van der Waals surface area (Å²) in [6.07, 6.45) is -4.34. The van der Waals surface area contributed by atoms with Gasteiger partial charge in [-0.3, -0.25) is 0 Å². The zero-order chi connectivity index (χ0) is 17.3. The third kappa shape index (κ3) is 4.15. The first-order valence-electron chi connectivity index (χ1n) is 7.20. The van der Waals surface area contributed by atoms with E-state index >= 15 is 0 Å². The molecule has 0 spiro atoms. The average molecular weight is 352 g/mol. The molecule has 2 N–H and O–H groups in total. The monoisotopic (exact) mass is 352 g/mol. The highest BCUT2D eigenvalue weighted by molar-refractivity contribution is 7.89. The van der Waals surface area contributed by atoms with Gasteiger partial charge in [0.2, 0.25) is 10.0 Å². The number of benzene rings is 1. The molecule has 2 rings (SSSR count). The van der Waals surface area contributed by atoms with Crippen LogP contribution < -0.4 is 10.5 Å². The number of halogens is 3. The van der Waals surface area contributed by atoms with Gasteiger partial charge in [0.05, 0.1) is 0 Å². The number of nitrogens with two attached hydrogens (primary N) is 1. The quantitative estimate of drug-likeness (QED) is 0.902. The minimum Gasteiger partial charge on any atom is -0.404 e. The maximum absolute atomic E-state index is 12.7. The molecule has 2 unspecified atom stereocenters. The van der Waals surface area contributed by atoms with Gasteiger partial charge in [0.25, 0.3) is 0 Å². The number of hydrogen-bond donors (Lipinski definition) is 1. The van der Waals surface area contributed by atoms with Crippen LogP contribution in [-0.2, 0) is 10.0 Å². The fourth-order valence-corrected chi connectivity index (χ4v) is 4.28. The molecule has 23 heavy (non-hydrogen) atoms. The first-order valence-corrected chi connectivity index (χ1v) is 8.64. The largest absolute Gasteiger partial charge is 0.573 e. The zero-order valence-corrected chi connectivity index (χ0v) is 13.4. The summed E-state index contributed by atoms with van der Waals surface area (Å²) in [5.74, 6) is -0.467. The van der Waals surface area contributed by atoms with Crippen molar-refractivity contribution in [2.45, 2.75) is 24.6 Å². The molecule has 0 amide bonds. The van der Waals surface area contributed by atoms with Crippen molar-refractivity contribution >= 4 is 10.0 Å². The fourth-order valence-electron chi connectivity index (χ4n) is 2.65. The van der Waals surface area contributed by atoms with Crippen molar-refractivity contribution in [1.82, 2.24) is 4.31 Å². The van der Waals surface area contributed by atoms with Crippen LogP contribution >= 0.6 is 0 Å². The number of alkyl halides is 3. The smallest absolute Gasteiger partial charge is 0.404 e. The fraction of sp³-hybridized carbons (Fsp3) is 0.571. The number of rotatable bonds is 4. The summed E-state index contributed by atoms with van der Waals surface area (Å²) in [6, 6.07) is 4.77. The average Bonchev–Trinajstić information content (AvgIpc) is 2.46. The molecule has 0 radical (unpaired) electrons. The Morgan fingerprint density at radius 2 is 2.00 bits per heavy atom. The Morgan fingerprint density at radius 3 is 2.61 bits per heavy atom. The summed E-state index contributed by atoms with van der Waals surface area (Å²) in [5.41, 5.74) is 5.66. The van der Waals surface area contributed by atoms with Gasteiger partial charge in [0, 0.05) is 13.1 Å². The third-order valence-electron chi connectivity index (χ3n) is 4.07. The Morgan fingerprint density at radius 1 is 1.35 bits per heavy atom. The molecule has 1 saturated heterocycles. The van der Waals surface area contributed by atoms with Crippen LogP contribution in [0.15, 0.2) is 29.2 Å². The van der Waals surface area contributed by atoms with E-state index in [0.717, 1.165) is 12.1 Å². The molecule has 0 aromatic heterocycles. The lowest BCUT2D eigenvalue weighted by atomic mass is 9.88. The second kappa shape index (κ2) is 6.66. The summed E-state index contributed by atoms with van der Waals surface area (Å²) in [5, 5.41) is 0. The van der Waals surface area contributed by atoms with Gasteiger partial charge in [0.1, 0.15) is 10.6 Å². The molecule has 0 saturated carbocycles. The second-order valence-electron chi connectivity index (χ2n) is 5.62. The first kappa shape index (κ1) is 18.0. The maximum Gasteiger partial charge on any atom is 0.573 e. The van der Waals surface area contributed by atoms with Crippen LogP contribution in [0.2, 0.25) is 0 Å². The van der Waals surface area contributed by atoms with E-state index in [4.69, 9.17) is 5.73 Å².